The van der Waals surface area contributed by atoms with Crippen molar-refractivity contribution in [2.24, 2.45) is 5.92 Å². The van der Waals surface area contributed by atoms with Gasteiger partial charge in [0.2, 0.25) is 5.95 Å². The average Bonchev–Trinajstić information content (AvgIpc) is 3.22. The number of rotatable bonds is 4. The van der Waals surface area contributed by atoms with Gasteiger partial charge in [-0.3, -0.25) is 14.9 Å². The molecule has 0 aliphatic carbocycles. The lowest BCUT2D eigenvalue weighted by Crippen LogP contribution is -2.23. The minimum Gasteiger partial charge on any atom is -0.370 e. The van der Waals surface area contributed by atoms with Crippen LogP contribution in [-0.2, 0) is 0 Å². The van der Waals surface area contributed by atoms with Crippen molar-refractivity contribution in [3.63, 3.8) is 0 Å². The highest BCUT2D eigenvalue weighted by Gasteiger charge is 2.24. The van der Waals surface area contributed by atoms with Crippen LogP contribution in [0.2, 0.25) is 5.02 Å². The zero-order valence-corrected chi connectivity index (χ0v) is 13.7. The summed E-state index contributed by atoms with van der Waals surface area (Å²) in [4.78, 5) is 21.3. The number of hydrogen-bond donors (Lipinski definition) is 3. The summed E-state index contributed by atoms with van der Waals surface area (Å²) in [5.41, 5.74) is 1.37. The summed E-state index contributed by atoms with van der Waals surface area (Å²) in [7, 11) is 0. The van der Waals surface area contributed by atoms with Crippen LogP contribution in [0.25, 0.3) is 11.0 Å². The van der Waals surface area contributed by atoms with Crippen LogP contribution in [-0.4, -0.2) is 39.8 Å². The summed E-state index contributed by atoms with van der Waals surface area (Å²) in [5, 5.41) is 11.0. The number of nitrogens with one attached hydrogen (secondary N) is 3. The average molecular weight is 345 g/mol. The fourth-order valence-electron chi connectivity index (χ4n) is 3.10. The molecule has 1 unspecified atom stereocenters. The molecule has 1 aliphatic rings. The molecule has 2 aromatic heterocycles. The zero-order chi connectivity index (χ0) is 16.5. The van der Waals surface area contributed by atoms with E-state index in [0.717, 1.165) is 36.8 Å². The quantitative estimate of drug-likeness (QED) is 0.675. The van der Waals surface area contributed by atoms with Crippen molar-refractivity contribution in [1.29, 1.82) is 0 Å². The second-order valence-electron chi connectivity index (χ2n) is 5.98. The van der Waals surface area contributed by atoms with E-state index in [2.05, 4.69) is 30.4 Å². The van der Waals surface area contributed by atoms with Gasteiger partial charge in [0, 0.05) is 19.6 Å². The molecule has 1 fully saturated rings. The second-order valence-corrected chi connectivity index (χ2v) is 6.39. The fraction of sp³-hybridized carbons (Fsp3) is 0.312. The van der Waals surface area contributed by atoms with Crippen molar-refractivity contribution < 1.29 is 0 Å². The van der Waals surface area contributed by atoms with E-state index < -0.39 is 0 Å². The number of anilines is 2. The summed E-state index contributed by atoms with van der Waals surface area (Å²) in [5.74, 6) is 0.928. The molecule has 1 atom stereocenters. The highest BCUT2D eigenvalue weighted by molar-refractivity contribution is 6.33. The maximum Gasteiger partial charge on any atom is 0.263 e. The molecule has 1 saturated heterocycles. The zero-order valence-electron chi connectivity index (χ0n) is 12.9. The summed E-state index contributed by atoms with van der Waals surface area (Å²) in [6.45, 7) is 2.64. The first-order valence-corrected chi connectivity index (χ1v) is 8.25. The summed E-state index contributed by atoms with van der Waals surface area (Å²) < 4.78 is 0. The molecule has 0 radical (unpaired) electrons. The van der Waals surface area contributed by atoms with E-state index in [0.29, 0.717) is 22.9 Å². The van der Waals surface area contributed by atoms with E-state index in [4.69, 9.17) is 11.6 Å². The van der Waals surface area contributed by atoms with Crippen LogP contribution < -0.4 is 15.8 Å². The number of nitrogens with zero attached hydrogens (tertiary/aromatic N) is 3. The molecule has 0 amide bonds. The third-order valence-corrected chi connectivity index (χ3v) is 4.68. The molecule has 24 heavy (non-hydrogen) atoms. The number of aromatic amines is 2. The van der Waals surface area contributed by atoms with Gasteiger partial charge in [0.15, 0.2) is 5.65 Å². The molecule has 1 aromatic carbocycles. The molecule has 0 saturated carbocycles. The molecule has 4 rings (SSSR count). The van der Waals surface area contributed by atoms with Crippen molar-refractivity contribution in [1.82, 2.24) is 20.2 Å². The Morgan fingerprint density at radius 2 is 2.25 bits per heavy atom. The molecule has 3 aromatic rings. The smallest absolute Gasteiger partial charge is 0.263 e. The van der Waals surface area contributed by atoms with Crippen molar-refractivity contribution in [2.45, 2.75) is 6.42 Å². The lowest BCUT2D eigenvalue weighted by Gasteiger charge is -2.20. The molecule has 8 heteroatoms. The number of hydrogen-bond acceptors (Lipinski definition) is 5. The molecule has 3 heterocycles. The SMILES string of the molecule is O=c1[nH]c(NCC2CCN(c3ccccc3Cl)C2)nc2[nH]ncc12. The largest absolute Gasteiger partial charge is 0.370 e. The van der Waals surface area contributed by atoms with Gasteiger partial charge in [0.1, 0.15) is 5.39 Å². The molecule has 0 spiro atoms. The first-order valence-electron chi connectivity index (χ1n) is 7.87. The van der Waals surface area contributed by atoms with Gasteiger partial charge in [-0.05, 0) is 24.5 Å². The van der Waals surface area contributed by atoms with Gasteiger partial charge >= 0.3 is 0 Å². The Balaban J connectivity index is 1.41. The number of H-pyrrole nitrogens is 2. The number of fused-ring (bicyclic) bond motifs is 1. The molecule has 124 valence electrons. The van der Waals surface area contributed by atoms with Gasteiger partial charge < -0.3 is 10.2 Å². The van der Waals surface area contributed by atoms with Crippen LogP contribution in [0, 0.1) is 5.92 Å². The second kappa shape index (κ2) is 6.16. The Labute approximate surface area is 143 Å². The topological polar surface area (TPSA) is 89.7 Å². The van der Waals surface area contributed by atoms with E-state index >= 15 is 0 Å². The van der Waals surface area contributed by atoms with Crippen LogP contribution in [0.15, 0.2) is 35.3 Å². The van der Waals surface area contributed by atoms with Crippen molar-refractivity contribution in [2.75, 3.05) is 29.9 Å². The number of para-hydroxylation sites is 1. The van der Waals surface area contributed by atoms with E-state index in [-0.39, 0.29) is 5.56 Å². The molecular weight excluding hydrogens is 328 g/mol. The van der Waals surface area contributed by atoms with Crippen molar-refractivity contribution in [3.05, 3.63) is 45.8 Å². The maximum atomic E-state index is 11.9. The Morgan fingerprint density at radius 1 is 1.38 bits per heavy atom. The third-order valence-electron chi connectivity index (χ3n) is 4.36. The molecule has 3 N–H and O–H groups in total. The van der Waals surface area contributed by atoms with Crippen LogP contribution in [0.5, 0.6) is 0 Å². The van der Waals surface area contributed by atoms with E-state index in [1.165, 1.54) is 6.20 Å². The Hall–Kier alpha value is -2.54. The summed E-state index contributed by atoms with van der Waals surface area (Å²) >= 11 is 6.27. The van der Waals surface area contributed by atoms with Crippen LogP contribution >= 0.6 is 11.6 Å². The van der Waals surface area contributed by atoms with E-state index in [9.17, 15) is 4.79 Å². The highest BCUT2D eigenvalue weighted by Crippen LogP contribution is 2.30. The summed E-state index contributed by atoms with van der Waals surface area (Å²) in [6, 6.07) is 7.90. The Kier molecular flexibility index (Phi) is 3.86. The predicted octanol–water partition coefficient (Wildman–Crippen LogP) is 2.24. The summed E-state index contributed by atoms with van der Waals surface area (Å²) in [6.07, 6.45) is 2.54. The highest BCUT2D eigenvalue weighted by atomic mass is 35.5. The van der Waals surface area contributed by atoms with Crippen LogP contribution in [0.4, 0.5) is 11.6 Å². The Bertz CT molecular complexity index is 920. The lowest BCUT2D eigenvalue weighted by atomic mass is 10.1. The molecule has 7 nitrogen and oxygen atoms in total. The predicted molar refractivity (Wildman–Crippen MR) is 94.8 cm³/mol. The van der Waals surface area contributed by atoms with Crippen molar-refractivity contribution >= 4 is 34.3 Å². The van der Waals surface area contributed by atoms with Crippen LogP contribution in [0.3, 0.4) is 0 Å². The minimum atomic E-state index is -0.194. The van der Waals surface area contributed by atoms with Gasteiger partial charge in [0.05, 0.1) is 16.9 Å². The normalized spacial score (nSPS) is 17.5. The standard InChI is InChI=1S/C16H17ClN6O/c17-12-3-1-2-4-13(12)23-6-5-10(9-23)7-18-16-20-14-11(8-19-22-14)15(24)21-16/h1-4,8,10H,5-7,9H2,(H3,18,19,20,21,22,24). The molecular formula is C16H17ClN6O. The number of halogens is 1. The first-order chi connectivity index (χ1) is 11.7. The van der Waals surface area contributed by atoms with Gasteiger partial charge in [-0.1, -0.05) is 23.7 Å². The Morgan fingerprint density at radius 3 is 3.12 bits per heavy atom. The lowest BCUT2D eigenvalue weighted by molar-refractivity contribution is 0.620. The van der Waals surface area contributed by atoms with E-state index in [1.807, 2.05) is 24.3 Å². The molecule has 0 bridgehead atoms. The van der Waals surface area contributed by atoms with Gasteiger partial charge in [0.25, 0.3) is 5.56 Å². The van der Waals surface area contributed by atoms with Gasteiger partial charge in [-0.25, -0.2) is 0 Å². The van der Waals surface area contributed by atoms with Gasteiger partial charge in [-0.15, -0.1) is 0 Å². The number of benzene rings is 1. The van der Waals surface area contributed by atoms with Crippen LogP contribution in [0.1, 0.15) is 6.42 Å². The number of aromatic nitrogens is 4. The minimum absolute atomic E-state index is 0.194. The maximum absolute atomic E-state index is 11.9. The fourth-order valence-corrected chi connectivity index (χ4v) is 3.35. The van der Waals surface area contributed by atoms with Crippen molar-refractivity contribution in [3.8, 4) is 0 Å². The molecule has 1 aliphatic heterocycles. The first kappa shape index (κ1) is 15.0. The monoisotopic (exact) mass is 344 g/mol. The van der Waals surface area contributed by atoms with E-state index in [1.54, 1.807) is 0 Å². The van der Waals surface area contributed by atoms with Gasteiger partial charge in [-0.2, -0.15) is 10.1 Å². The third kappa shape index (κ3) is 2.82.